The van der Waals surface area contributed by atoms with Crippen molar-refractivity contribution in [2.45, 2.75) is 13.0 Å². The Morgan fingerprint density at radius 2 is 1.84 bits per heavy atom. The minimum Gasteiger partial charge on any atom is -0.378 e. The van der Waals surface area contributed by atoms with Crippen molar-refractivity contribution < 1.29 is 4.39 Å². The Morgan fingerprint density at radius 1 is 1.16 bits per heavy atom. The number of halogens is 4. The molecule has 2 rings (SSSR count). The van der Waals surface area contributed by atoms with Crippen LogP contribution in [0.5, 0.6) is 0 Å². The zero-order chi connectivity index (χ0) is 14.0. The van der Waals surface area contributed by atoms with Gasteiger partial charge in [0, 0.05) is 19.8 Å². The summed E-state index contributed by atoms with van der Waals surface area (Å²) in [5.41, 5.74) is 1.54. The number of anilines is 1. The summed E-state index contributed by atoms with van der Waals surface area (Å²) in [5.74, 6) is -0.461. The molecule has 0 aromatic heterocycles. The second-order valence-electron chi connectivity index (χ2n) is 4.10. The van der Waals surface area contributed by atoms with E-state index in [0.29, 0.717) is 10.6 Å². The Bertz CT molecular complexity index is 604. The molecule has 19 heavy (non-hydrogen) atoms. The van der Waals surface area contributed by atoms with Crippen molar-refractivity contribution >= 4 is 51.5 Å². The Labute approximate surface area is 135 Å². The van der Waals surface area contributed by atoms with Gasteiger partial charge < -0.3 is 5.32 Å². The van der Waals surface area contributed by atoms with Crippen LogP contribution in [0.2, 0.25) is 10.0 Å². The number of rotatable bonds is 3. The van der Waals surface area contributed by atoms with E-state index >= 15 is 0 Å². The summed E-state index contributed by atoms with van der Waals surface area (Å²) < 4.78 is 14.6. The van der Waals surface area contributed by atoms with E-state index in [0.717, 1.165) is 9.26 Å². The summed E-state index contributed by atoms with van der Waals surface area (Å²) in [4.78, 5) is 0. The molecule has 0 aliphatic heterocycles. The summed E-state index contributed by atoms with van der Waals surface area (Å²) in [5, 5.41) is 3.82. The van der Waals surface area contributed by atoms with Gasteiger partial charge in [-0.25, -0.2) is 4.39 Å². The lowest BCUT2D eigenvalue weighted by Gasteiger charge is -2.19. The second-order valence-corrected chi connectivity index (χ2v) is 6.05. The van der Waals surface area contributed by atoms with Gasteiger partial charge in [-0.3, -0.25) is 0 Å². The van der Waals surface area contributed by atoms with Gasteiger partial charge in [0.05, 0.1) is 11.1 Å². The largest absolute Gasteiger partial charge is 0.378 e. The molecule has 5 heteroatoms. The normalized spacial score (nSPS) is 12.3. The van der Waals surface area contributed by atoms with Crippen molar-refractivity contribution in [1.29, 1.82) is 0 Å². The lowest BCUT2D eigenvalue weighted by atomic mass is 10.1. The van der Waals surface area contributed by atoms with Crippen molar-refractivity contribution in [1.82, 2.24) is 0 Å². The van der Waals surface area contributed by atoms with Gasteiger partial charge in [0.25, 0.3) is 0 Å². The third-order valence-electron chi connectivity index (χ3n) is 2.76. The Balaban J connectivity index is 2.33. The predicted octanol–water partition coefficient (Wildman–Crippen LogP) is 5.91. The fourth-order valence-corrected chi connectivity index (χ4v) is 3.06. The molecular weight excluding hydrogens is 399 g/mol. The average Bonchev–Trinajstić information content (AvgIpc) is 2.37. The second kappa shape index (κ2) is 6.29. The van der Waals surface area contributed by atoms with Crippen molar-refractivity contribution in [2.24, 2.45) is 0 Å². The van der Waals surface area contributed by atoms with Crippen molar-refractivity contribution in [3.05, 3.63) is 61.4 Å². The van der Waals surface area contributed by atoms with Crippen LogP contribution in [0.3, 0.4) is 0 Å². The Kier molecular flexibility index (Phi) is 4.92. The molecule has 0 saturated carbocycles. The molecule has 0 aliphatic rings. The maximum Gasteiger partial charge on any atom is 0.142 e. The third kappa shape index (κ3) is 3.33. The van der Waals surface area contributed by atoms with E-state index in [2.05, 4.69) is 27.9 Å². The average molecular weight is 410 g/mol. The van der Waals surface area contributed by atoms with E-state index in [9.17, 15) is 4.39 Å². The smallest absolute Gasteiger partial charge is 0.142 e. The van der Waals surface area contributed by atoms with Gasteiger partial charge in [-0.2, -0.15) is 0 Å². The molecule has 1 atom stereocenters. The van der Waals surface area contributed by atoms with Crippen molar-refractivity contribution in [2.75, 3.05) is 5.32 Å². The lowest BCUT2D eigenvalue weighted by Crippen LogP contribution is -2.09. The van der Waals surface area contributed by atoms with Crippen molar-refractivity contribution in [3.63, 3.8) is 0 Å². The molecule has 1 unspecified atom stereocenters. The first-order valence-corrected chi connectivity index (χ1v) is 7.48. The van der Waals surface area contributed by atoms with E-state index in [4.69, 9.17) is 23.2 Å². The molecule has 2 aromatic carbocycles. The summed E-state index contributed by atoms with van der Waals surface area (Å²) in [6, 6.07) is 10.4. The predicted molar refractivity (Wildman–Crippen MR) is 87.6 cm³/mol. The highest BCUT2D eigenvalue weighted by molar-refractivity contribution is 14.1. The van der Waals surface area contributed by atoms with E-state index in [1.165, 1.54) is 12.1 Å². The van der Waals surface area contributed by atoms with Crippen LogP contribution in [0, 0.1) is 9.39 Å². The van der Waals surface area contributed by atoms with Gasteiger partial charge in [0.1, 0.15) is 5.82 Å². The first-order chi connectivity index (χ1) is 9.00. The maximum atomic E-state index is 13.5. The standard InChI is InChI=1S/C14H11Cl2FIN/c1-8(19-12-5-3-2-4-11(12)18)13-9(15)6-7-10(17)14(13)16/h2-8,19H,1H3. The topological polar surface area (TPSA) is 12.0 Å². The minimum atomic E-state index is -0.461. The fourth-order valence-electron chi connectivity index (χ4n) is 1.82. The number of nitrogens with one attached hydrogen (secondary N) is 1. The monoisotopic (exact) mass is 409 g/mol. The molecule has 0 heterocycles. The third-order valence-corrected chi connectivity index (χ3v) is 4.41. The van der Waals surface area contributed by atoms with Gasteiger partial charge in [-0.1, -0.05) is 35.3 Å². The highest BCUT2D eigenvalue weighted by Crippen LogP contribution is 2.34. The van der Waals surface area contributed by atoms with Gasteiger partial charge in [0.15, 0.2) is 0 Å². The first kappa shape index (κ1) is 14.9. The number of hydrogen-bond donors (Lipinski definition) is 1. The van der Waals surface area contributed by atoms with Crippen LogP contribution in [0.15, 0.2) is 36.4 Å². The van der Waals surface area contributed by atoms with Crippen LogP contribution in [0.1, 0.15) is 18.5 Å². The SMILES string of the molecule is CC(Nc1ccccc1I)c1c(Cl)ccc(F)c1Cl. The number of para-hydroxylation sites is 1. The van der Waals surface area contributed by atoms with E-state index in [1.54, 1.807) is 0 Å². The first-order valence-electron chi connectivity index (χ1n) is 5.65. The summed E-state index contributed by atoms with van der Waals surface area (Å²) in [7, 11) is 0. The molecule has 0 radical (unpaired) electrons. The molecule has 0 spiro atoms. The quantitative estimate of drug-likeness (QED) is 0.490. The highest BCUT2D eigenvalue weighted by atomic mass is 127. The Hall–Kier alpha value is -0.520. The molecule has 100 valence electrons. The summed E-state index contributed by atoms with van der Waals surface area (Å²) >= 11 is 14.3. The minimum absolute atomic E-state index is 0.0680. The lowest BCUT2D eigenvalue weighted by molar-refractivity contribution is 0.624. The zero-order valence-electron chi connectivity index (χ0n) is 10.1. The van der Waals surface area contributed by atoms with E-state index in [-0.39, 0.29) is 11.1 Å². The molecule has 1 nitrogen and oxygen atoms in total. The van der Waals surface area contributed by atoms with Crippen LogP contribution >= 0.6 is 45.8 Å². The van der Waals surface area contributed by atoms with Crippen LogP contribution in [0.25, 0.3) is 0 Å². The Morgan fingerprint density at radius 3 is 2.53 bits per heavy atom. The van der Waals surface area contributed by atoms with Crippen LogP contribution < -0.4 is 5.32 Å². The molecular formula is C14H11Cl2FIN. The molecule has 0 fully saturated rings. The molecule has 0 aliphatic carbocycles. The fraction of sp³-hybridized carbons (Fsp3) is 0.143. The molecule has 0 bridgehead atoms. The summed E-state index contributed by atoms with van der Waals surface area (Å²) in [6.07, 6.45) is 0. The van der Waals surface area contributed by atoms with E-state index in [1.807, 2.05) is 31.2 Å². The van der Waals surface area contributed by atoms with Crippen LogP contribution in [0.4, 0.5) is 10.1 Å². The molecule has 0 saturated heterocycles. The zero-order valence-corrected chi connectivity index (χ0v) is 13.7. The summed E-state index contributed by atoms with van der Waals surface area (Å²) in [6.45, 7) is 1.90. The van der Waals surface area contributed by atoms with Gasteiger partial charge in [-0.15, -0.1) is 0 Å². The molecule has 2 aromatic rings. The van der Waals surface area contributed by atoms with Gasteiger partial charge >= 0.3 is 0 Å². The van der Waals surface area contributed by atoms with Crippen molar-refractivity contribution in [3.8, 4) is 0 Å². The molecule has 1 N–H and O–H groups in total. The van der Waals surface area contributed by atoms with Gasteiger partial charge in [0.2, 0.25) is 0 Å². The maximum absolute atomic E-state index is 13.5. The highest BCUT2D eigenvalue weighted by Gasteiger charge is 2.17. The van der Waals surface area contributed by atoms with E-state index < -0.39 is 5.82 Å². The number of hydrogen-bond acceptors (Lipinski definition) is 1. The number of benzene rings is 2. The van der Waals surface area contributed by atoms with Crippen LogP contribution in [-0.4, -0.2) is 0 Å². The van der Waals surface area contributed by atoms with Gasteiger partial charge in [-0.05, 0) is 53.8 Å². The van der Waals surface area contributed by atoms with Crippen LogP contribution in [-0.2, 0) is 0 Å². The molecule has 0 amide bonds.